The Hall–Kier alpha value is 0.970. The van der Waals surface area contributed by atoms with E-state index in [0.717, 1.165) is 36.8 Å². The van der Waals surface area contributed by atoms with Gasteiger partial charge >= 0.3 is 0 Å². The van der Waals surface area contributed by atoms with E-state index in [-0.39, 0.29) is 47.9 Å². The molecule has 2 unspecified atom stereocenters. The van der Waals surface area contributed by atoms with Crippen LogP contribution in [-0.4, -0.2) is 25.7 Å². The fourth-order valence-corrected chi connectivity index (χ4v) is 5.68. The normalized spacial score (nSPS) is 30.3. The van der Waals surface area contributed by atoms with E-state index >= 15 is 0 Å². The van der Waals surface area contributed by atoms with E-state index in [2.05, 4.69) is 31.4 Å². The first-order valence-electron chi connectivity index (χ1n) is 10.0. The molecule has 0 heterocycles. The molecule has 160 valence electrons. The van der Waals surface area contributed by atoms with Gasteiger partial charge in [-0.25, -0.2) is 0 Å². The van der Waals surface area contributed by atoms with Gasteiger partial charge in [0.05, 0.1) is 0 Å². The minimum Gasteiger partial charge on any atom is -0.315 e. The van der Waals surface area contributed by atoms with Crippen molar-refractivity contribution in [2.75, 3.05) is 19.6 Å². The Labute approximate surface area is 185 Å². The quantitative estimate of drug-likeness (QED) is 0.550. The summed E-state index contributed by atoms with van der Waals surface area (Å²) in [7, 11) is 0. The molecule has 0 aromatic heterocycles. The van der Waals surface area contributed by atoms with Crippen LogP contribution in [0.5, 0.6) is 0 Å². The lowest BCUT2D eigenvalue weighted by Crippen LogP contribution is -2.54. The summed E-state index contributed by atoms with van der Waals surface area (Å²) in [6.45, 7) is 10.9. The molecule has 4 saturated carbocycles. The third-order valence-corrected chi connectivity index (χ3v) is 7.53. The molecule has 0 spiro atoms. The molecule has 2 nitrogen and oxygen atoms in total. The van der Waals surface area contributed by atoms with Crippen molar-refractivity contribution in [2.45, 2.75) is 85.6 Å². The van der Waals surface area contributed by atoms with Crippen LogP contribution in [0, 0.1) is 29.1 Å². The average molecular weight is 425 g/mol. The van der Waals surface area contributed by atoms with Gasteiger partial charge in [-0.15, -0.1) is 0 Å². The van der Waals surface area contributed by atoms with Crippen LogP contribution < -0.4 is 10.6 Å². The fourth-order valence-electron chi connectivity index (χ4n) is 5.68. The predicted molar refractivity (Wildman–Crippen MR) is 133 cm³/mol. The van der Waals surface area contributed by atoms with E-state index in [1.807, 2.05) is 0 Å². The van der Waals surface area contributed by atoms with Gasteiger partial charge in [0.1, 0.15) is 0 Å². The SMILES string of the molecule is C.C[C@H](NCCNCC1CCC2C[C@@H]1C2(C)C)C1CCCCC1.S.S.S. The van der Waals surface area contributed by atoms with Gasteiger partial charge in [-0.1, -0.05) is 40.5 Å². The number of nitrogens with one attached hydrogen (secondary N) is 2. The van der Waals surface area contributed by atoms with Crippen molar-refractivity contribution in [2.24, 2.45) is 29.1 Å². The first kappa shape index (κ1) is 29.2. The molecule has 0 saturated heterocycles. The van der Waals surface area contributed by atoms with E-state index < -0.39 is 0 Å². The molecule has 0 radical (unpaired) electrons. The lowest BCUT2D eigenvalue weighted by Gasteiger charge is -2.60. The summed E-state index contributed by atoms with van der Waals surface area (Å²) in [5.74, 6) is 3.90. The van der Waals surface area contributed by atoms with Gasteiger partial charge in [-0.2, -0.15) is 40.5 Å². The van der Waals surface area contributed by atoms with Gasteiger partial charge in [0, 0.05) is 19.1 Å². The van der Waals surface area contributed by atoms with Crippen LogP contribution in [0.2, 0.25) is 0 Å². The lowest BCUT2D eigenvalue weighted by molar-refractivity contribution is -0.103. The van der Waals surface area contributed by atoms with Gasteiger partial charge in [-0.05, 0) is 74.7 Å². The maximum Gasteiger partial charge on any atom is 0.00793 e. The fraction of sp³-hybridized carbons (Fsp3) is 1.00. The summed E-state index contributed by atoms with van der Waals surface area (Å²) in [5.41, 5.74) is 0.637. The van der Waals surface area contributed by atoms with Gasteiger partial charge < -0.3 is 10.6 Å². The molecule has 4 aliphatic carbocycles. The Morgan fingerprint density at radius 3 is 2.15 bits per heavy atom. The first-order valence-corrected chi connectivity index (χ1v) is 10.0. The standard InChI is InChI=1S/C20H38N2.CH4.3H2S/c1-15(16-7-5-4-6-8-16)22-12-11-21-14-17-9-10-18-13-19(17)20(18,2)3;;;;/h15-19,21-22H,4-14H2,1-3H3;1H4;3*1H2/t15-,17?,18?,19-;;;;/m0..../s1. The molecule has 0 aromatic rings. The molecule has 4 aliphatic rings. The van der Waals surface area contributed by atoms with Crippen molar-refractivity contribution in [3.63, 3.8) is 0 Å². The molecule has 5 heteroatoms. The number of hydrogen-bond acceptors (Lipinski definition) is 2. The lowest BCUT2D eigenvalue weighted by atomic mass is 9.45. The highest BCUT2D eigenvalue weighted by Crippen LogP contribution is 2.61. The van der Waals surface area contributed by atoms with E-state index in [4.69, 9.17) is 0 Å². The van der Waals surface area contributed by atoms with E-state index in [0.29, 0.717) is 11.5 Å². The molecule has 0 aromatic carbocycles. The third kappa shape index (κ3) is 6.79. The van der Waals surface area contributed by atoms with Gasteiger partial charge in [0.25, 0.3) is 0 Å². The van der Waals surface area contributed by atoms with Crippen LogP contribution in [0.4, 0.5) is 0 Å². The Morgan fingerprint density at radius 1 is 0.923 bits per heavy atom. The van der Waals surface area contributed by atoms with E-state index in [1.165, 1.54) is 57.9 Å². The molecular weight excluding hydrogens is 376 g/mol. The second-order valence-electron chi connectivity index (χ2n) is 9.04. The third-order valence-electron chi connectivity index (χ3n) is 7.53. The van der Waals surface area contributed by atoms with Crippen LogP contribution in [0.1, 0.15) is 79.6 Å². The second kappa shape index (κ2) is 13.2. The van der Waals surface area contributed by atoms with Gasteiger partial charge in [-0.3, -0.25) is 0 Å². The topological polar surface area (TPSA) is 24.1 Å². The summed E-state index contributed by atoms with van der Waals surface area (Å²) in [6, 6.07) is 0.711. The van der Waals surface area contributed by atoms with Crippen molar-refractivity contribution in [1.29, 1.82) is 0 Å². The average Bonchev–Trinajstić information content (AvgIpc) is 2.55. The summed E-state index contributed by atoms with van der Waals surface area (Å²) >= 11 is 0. The molecule has 2 bridgehead atoms. The van der Waals surface area contributed by atoms with Crippen molar-refractivity contribution in [1.82, 2.24) is 10.6 Å². The Morgan fingerprint density at radius 2 is 1.58 bits per heavy atom. The number of fused-ring (bicyclic) bond motifs is 2. The van der Waals surface area contributed by atoms with Crippen molar-refractivity contribution >= 4 is 40.5 Å². The second-order valence-corrected chi connectivity index (χ2v) is 9.04. The zero-order valence-electron chi connectivity index (χ0n) is 16.7. The van der Waals surface area contributed by atoms with Crippen LogP contribution in [0.15, 0.2) is 0 Å². The highest BCUT2D eigenvalue weighted by molar-refractivity contribution is 7.59. The Balaban J connectivity index is 0. The largest absolute Gasteiger partial charge is 0.315 e. The number of hydrogen-bond donors (Lipinski definition) is 2. The smallest absolute Gasteiger partial charge is 0.00793 e. The van der Waals surface area contributed by atoms with Crippen LogP contribution >= 0.6 is 40.5 Å². The zero-order chi connectivity index (χ0) is 15.6. The molecule has 26 heavy (non-hydrogen) atoms. The Kier molecular flexibility index (Phi) is 14.9. The molecule has 4 rings (SSSR count). The molecule has 4 atom stereocenters. The predicted octanol–water partition coefficient (Wildman–Crippen LogP) is 5.18. The van der Waals surface area contributed by atoms with E-state index in [1.54, 1.807) is 0 Å². The number of rotatable bonds is 7. The van der Waals surface area contributed by atoms with Gasteiger partial charge in [0.2, 0.25) is 0 Å². The Bertz CT molecular complexity index is 357. The van der Waals surface area contributed by atoms with Gasteiger partial charge in [0.15, 0.2) is 0 Å². The van der Waals surface area contributed by atoms with Crippen molar-refractivity contribution in [3.8, 4) is 0 Å². The summed E-state index contributed by atoms with van der Waals surface area (Å²) in [6.07, 6.45) is 11.7. The minimum absolute atomic E-state index is 0. The first-order chi connectivity index (χ1) is 10.6. The van der Waals surface area contributed by atoms with Crippen LogP contribution in [0.3, 0.4) is 0 Å². The van der Waals surface area contributed by atoms with Crippen LogP contribution in [0.25, 0.3) is 0 Å². The highest BCUT2D eigenvalue weighted by Gasteiger charge is 2.53. The maximum absolute atomic E-state index is 3.76. The molecule has 4 fully saturated rings. The molecule has 0 aliphatic heterocycles. The van der Waals surface area contributed by atoms with Crippen molar-refractivity contribution < 1.29 is 0 Å². The highest BCUT2D eigenvalue weighted by atomic mass is 32.1. The molecular formula is C21H48N2S3. The molecule has 0 amide bonds. The minimum atomic E-state index is 0. The maximum atomic E-state index is 3.76. The summed E-state index contributed by atoms with van der Waals surface area (Å²) in [5, 5.41) is 7.51. The summed E-state index contributed by atoms with van der Waals surface area (Å²) in [4.78, 5) is 0. The van der Waals surface area contributed by atoms with Crippen molar-refractivity contribution in [3.05, 3.63) is 0 Å². The zero-order valence-corrected chi connectivity index (χ0v) is 19.7. The summed E-state index contributed by atoms with van der Waals surface area (Å²) < 4.78 is 0. The molecule has 2 N–H and O–H groups in total. The monoisotopic (exact) mass is 424 g/mol. The van der Waals surface area contributed by atoms with Crippen LogP contribution in [-0.2, 0) is 0 Å². The van der Waals surface area contributed by atoms with E-state index in [9.17, 15) is 0 Å².